The minimum Gasteiger partial charge on any atom is -0.369 e. The Morgan fingerprint density at radius 3 is 2.52 bits per heavy atom. The highest BCUT2D eigenvalue weighted by Gasteiger charge is 2.36. The first kappa shape index (κ1) is 18.1. The number of primary amides is 1. The van der Waals surface area contributed by atoms with Gasteiger partial charge >= 0.3 is 0 Å². The molecule has 2 amide bonds. The van der Waals surface area contributed by atoms with Gasteiger partial charge in [-0.2, -0.15) is 0 Å². The Bertz CT molecular complexity index is 656. The van der Waals surface area contributed by atoms with Gasteiger partial charge in [0, 0.05) is 31.5 Å². The predicted octanol–water partition coefficient (Wildman–Crippen LogP) is 1.82. The van der Waals surface area contributed by atoms with Crippen LogP contribution in [0.5, 0.6) is 0 Å². The summed E-state index contributed by atoms with van der Waals surface area (Å²) in [5, 5.41) is 0.0979. The molecule has 2 fully saturated rings. The van der Waals surface area contributed by atoms with E-state index in [2.05, 4.69) is 4.90 Å². The Morgan fingerprint density at radius 1 is 1.24 bits per heavy atom. The number of hydrogen-bond acceptors (Lipinski definition) is 3. The fourth-order valence-electron chi connectivity index (χ4n) is 3.54. The van der Waals surface area contributed by atoms with E-state index in [1.165, 1.54) is 12.1 Å². The maximum absolute atomic E-state index is 13.4. The molecule has 0 atom stereocenters. The molecule has 1 aromatic rings. The van der Waals surface area contributed by atoms with E-state index in [9.17, 15) is 14.0 Å². The van der Waals surface area contributed by atoms with E-state index in [0.717, 1.165) is 44.6 Å². The molecule has 2 aliphatic rings. The zero-order valence-corrected chi connectivity index (χ0v) is 14.8. The largest absolute Gasteiger partial charge is 0.369 e. The summed E-state index contributed by atoms with van der Waals surface area (Å²) < 4.78 is 13.4. The van der Waals surface area contributed by atoms with Crippen LogP contribution in [-0.4, -0.2) is 53.8 Å². The van der Waals surface area contributed by atoms with Crippen molar-refractivity contribution in [2.75, 3.05) is 26.2 Å². The molecule has 25 heavy (non-hydrogen) atoms. The van der Waals surface area contributed by atoms with Crippen LogP contribution in [0, 0.1) is 11.7 Å². The number of nitrogens with zero attached hydrogens (tertiary/aromatic N) is 2. The highest BCUT2D eigenvalue weighted by Crippen LogP contribution is 2.24. The minimum atomic E-state index is -0.449. The predicted molar refractivity (Wildman–Crippen MR) is 93.6 cm³/mol. The number of likely N-dealkylation sites (tertiary alicyclic amines) is 2. The second kappa shape index (κ2) is 7.70. The van der Waals surface area contributed by atoms with Crippen molar-refractivity contribution in [3.8, 4) is 0 Å². The highest BCUT2D eigenvalue weighted by molar-refractivity contribution is 6.30. The van der Waals surface area contributed by atoms with Gasteiger partial charge in [0.2, 0.25) is 11.8 Å². The molecule has 2 heterocycles. The molecule has 0 bridgehead atoms. The summed E-state index contributed by atoms with van der Waals surface area (Å²) in [4.78, 5) is 27.6. The van der Waals surface area contributed by atoms with Gasteiger partial charge in [-0.3, -0.25) is 14.5 Å². The average molecular weight is 368 g/mol. The SMILES string of the molecule is NC(=O)C1CCN(C2CN(C(=O)CCc3ccc(Cl)c(F)c3)C2)CC1. The lowest BCUT2D eigenvalue weighted by Gasteiger charge is -2.47. The van der Waals surface area contributed by atoms with Crippen molar-refractivity contribution in [2.45, 2.75) is 31.7 Å². The van der Waals surface area contributed by atoms with E-state index in [0.29, 0.717) is 18.9 Å². The Hall–Kier alpha value is -1.66. The lowest BCUT2D eigenvalue weighted by Crippen LogP contribution is -2.62. The number of hydrogen-bond donors (Lipinski definition) is 1. The van der Waals surface area contributed by atoms with Crippen LogP contribution in [-0.2, 0) is 16.0 Å². The summed E-state index contributed by atoms with van der Waals surface area (Å²) in [6.07, 6.45) is 2.50. The Kier molecular flexibility index (Phi) is 5.59. The lowest BCUT2D eigenvalue weighted by atomic mass is 9.93. The van der Waals surface area contributed by atoms with Crippen molar-refractivity contribution in [1.29, 1.82) is 0 Å². The quantitative estimate of drug-likeness (QED) is 0.863. The molecule has 7 heteroatoms. The molecule has 1 aromatic carbocycles. The molecule has 0 unspecified atom stereocenters. The zero-order valence-electron chi connectivity index (χ0n) is 14.1. The van der Waals surface area contributed by atoms with E-state index < -0.39 is 5.82 Å². The first-order valence-corrected chi connectivity index (χ1v) is 9.07. The second-order valence-electron chi connectivity index (χ2n) is 6.91. The number of rotatable bonds is 5. The van der Waals surface area contributed by atoms with E-state index in [-0.39, 0.29) is 22.8 Å². The molecule has 0 saturated carbocycles. The number of aryl methyl sites for hydroxylation is 1. The number of piperidine rings is 1. The average Bonchev–Trinajstić information content (AvgIpc) is 2.55. The molecular formula is C18H23ClFN3O2. The van der Waals surface area contributed by atoms with Crippen LogP contribution < -0.4 is 5.73 Å². The number of halogens is 2. The molecule has 0 radical (unpaired) electrons. The fraction of sp³-hybridized carbons (Fsp3) is 0.556. The number of amides is 2. The van der Waals surface area contributed by atoms with Crippen molar-refractivity contribution in [1.82, 2.24) is 9.80 Å². The summed E-state index contributed by atoms with van der Waals surface area (Å²) in [5.41, 5.74) is 6.13. The van der Waals surface area contributed by atoms with Crippen molar-refractivity contribution in [3.05, 3.63) is 34.6 Å². The molecule has 2 aliphatic heterocycles. The number of carbonyl (C=O) groups is 2. The number of nitrogens with two attached hydrogens (primary N) is 1. The number of carbonyl (C=O) groups excluding carboxylic acids is 2. The Balaban J connectivity index is 1.40. The third-order valence-electron chi connectivity index (χ3n) is 5.27. The molecule has 0 spiro atoms. The molecule has 3 rings (SSSR count). The Morgan fingerprint density at radius 2 is 1.92 bits per heavy atom. The normalized spacial score (nSPS) is 19.7. The number of benzene rings is 1. The van der Waals surface area contributed by atoms with Crippen LogP contribution in [0.4, 0.5) is 4.39 Å². The summed E-state index contributed by atoms with van der Waals surface area (Å²) in [6.45, 7) is 3.19. The van der Waals surface area contributed by atoms with Crippen molar-refractivity contribution in [2.24, 2.45) is 11.7 Å². The standard InChI is InChI=1S/C18H23ClFN3O2/c19-15-3-1-12(9-16(15)20)2-4-17(24)23-10-14(11-23)22-7-5-13(6-8-22)18(21)25/h1,3,9,13-14H,2,4-8,10-11H2,(H2,21,25). The topological polar surface area (TPSA) is 66.6 Å². The van der Waals surface area contributed by atoms with Crippen LogP contribution in [0.2, 0.25) is 5.02 Å². The van der Waals surface area contributed by atoms with E-state index in [4.69, 9.17) is 17.3 Å². The van der Waals surface area contributed by atoms with Gasteiger partial charge in [0.15, 0.2) is 0 Å². The minimum absolute atomic E-state index is 0.00571. The molecule has 136 valence electrons. The van der Waals surface area contributed by atoms with Crippen molar-refractivity contribution >= 4 is 23.4 Å². The third-order valence-corrected chi connectivity index (χ3v) is 5.58. The molecule has 2 saturated heterocycles. The highest BCUT2D eigenvalue weighted by atomic mass is 35.5. The van der Waals surface area contributed by atoms with Gasteiger partial charge in [0.25, 0.3) is 0 Å². The van der Waals surface area contributed by atoms with E-state index in [1.54, 1.807) is 6.07 Å². The third kappa shape index (κ3) is 4.30. The lowest BCUT2D eigenvalue weighted by molar-refractivity contribution is -0.139. The smallest absolute Gasteiger partial charge is 0.223 e. The van der Waals surface area contributed by atoms with E-state index >= 15 is 0 Å². The van der Waals surface area contributed by atoms with Crippen LogP contribution in [0.25, 0.3) is 0 Å². The summed E-state index contributed by atoms with van der Waals surface area (Å²) >= 11 is 5.66. The maximum atomic E-state index is 13.4. The van der Waals surface area contributed by atoms with Gasteiger partial charge in [-0.1, -0.05) is 17.7 Å². The monoisotopic (exact) mass is 367 g/mol. The van der Waals surface area contributed by atoms with Crippen molar-refractivity contribution in [3.63, 3.8) is 0 Å². The van der Waals surface area contributed by atoms with Gasteiger partial charge in [0.05, 0.1) is 5.02 Å². The van der Waals surface area contributed by atoms with Crippen LogP contribution in [0.15, 0.2) is 18.2 Å². The first-order chi connectivity index (χ1) is 11.9. The molecule has 2 N–H and O–H groups in total. The van der Waals surface area contributed by atoms with Crippen LogP contribution in [0.3, 0.4) is 0 Å². The van der Waals surface area contributed by atoms with Gasteiger partial charge in [-0.15, -0.1) is 0 Å². The summed E-state index contributed by atoms with van der Waals surface area (Å²) in [5.74, 6) is -0.564. The van der Waals surface area contributed by atoms with E-state index in [1.807, 2.05) is 4.90 Å². The van der Waals surface area contributed by atoms with Crippen LogP contribution in [0.1, 0.15) is 24.8 Å². The molecule has 0 aliphatic carbocycles. The summed E-state index contributed by atoms with van der Waals surface area (Å²) in [6, 6.07) is 5.04. The van der Waals surface area contributed by atoms with Gasteiger partial charge < -0.3 is 10.6 Å². The molecular weight excluding hydrogens is 345 g/mol. The van der Waals surface area contributed by atoms with Gasteiger partial charge in [-0.05, 0) is 50.0 Å². The fourth-order valence-corrected chi connectivity index (χ4v) is 3.66. The zero-order chi connectivity index (χ0) is 18.0. The first-order valence-electron chi connectivity index (χ1n) is 8.69. The van der Waals surface area contributed by atoms with Gasteiger partial charge in [-0.25, -0.2) is 4.39 Å². The van der Waals surface area contributed by atoms with Crippen molar-refractivity contribution < 1.29 is 14.0 Å². The second-order valence-corrected chi connectivity index (χ2v) is 7.32. The molecule has 5 nitrogen and oxygen atoms in total. The van der Waals surface area contributed by atoms with Crippen LogP contribution >= 0.6 is 11.6 Å². The molecule has 0 aromatic heterocycles. The Labute approximate surface area is 151 Å². The van der Waals surface area contributed by atoms with Gasteiger partial charge in [0.1, 0.15) is 5.82 Å². The maximum Gasteiger partial charge on any atom is 0.223 e. The summed E-state index contributed by atoms with van der Waals surface area (Å²) in [7, 11) is 0.